The molecule has 2 N–H and O–H groups in total. The summed E-state index contributed by atoms with van der Waals surface area (Å²) in [6.45, 7) is 0. The molecule has 0 fully saturated rings. The van der Waals surface area contributed by atoms with Gasteiger partial charge in [0.15, 0.2) is 5.82 Å². The highest BCUT2D eigenvalue weighted by Gasteiger charge is 2.14. The van der Waals surface area contributed by atoms with E-state index >= 15 is 0 Å². The zero-order chi connectivity index (χ0) is 9.26. The number of nitrogens with one attached hydrogen (secondary N) is 1. The standard InChI is InChI=1S/C5H4N6O2.2ClH/c12-5(13)3-1-6-8-4(3)11-2-7-9-10-11;;/h1-2H,(H,6,8)(H,12,13);2*1H. The van der Waals surface area contributed by atoms with E-state index in [0.29, 0.717) is 0 Å². The molecule has 0 amide bonds. The Labute approximate surface area is 95.5 Å². The molecule has 0 atom stereocenters. The van der Waals surface area contributed by atoms with Crippen molar-refractivity contribution >= 4 is 30.8 Å². The molecule has 0 bridgehead atoms. The van der Waals surface area contributed by atoms with E-state index in [-0.39, 0.29) is 36.2 Å². The first-order chi connectivity index (χ1) is 6.29. The molecule has 15 heavy (non-hydrogen) atoms. The summed E-state index contributed by atoms with van der Waals surface area (Å²) in [5, 5.41) is 25.0. The minimum atomic E-state index is -1.08. The number of carboxylic acid groups (broad SMARTS) is 1. The summed E-state index contributed by atoms with van der Waals surface area (Å²) in [6, 6.07) is 0. The molecule has 2 heterocycles. The van der Waals surface area contributed by atoms with Crippen molar-refractivity contribution in [1.29, 1.82) is 0 Å². The van der Waals surface area contributed by atoms with E-state index in [0.717, 1.165) is 0 Å². The number of halogens is 2. The number of aromatic nitrogens is 6. The van der Waals surface area contributed by atoms with Crippen LogP contribution in [0.15, 0.2) is 12.5 Å². The van der Waals surface area contributed by atoms with Crippen molar-refractivity contribution in [3.8, 4) is 5.82 Å². The Morgan fingerprint density at radius 2 is 2.20 bits per heavy atom. The topological polar surface area (TPSA) is 110 Å². The van der Waals surface area contributed by atoms with Crippen LogP contribution in [-0.4, -0.2) is 41.5 Å². The Hall–Kier alpha value is -1.67. The van der Waals surface area contributed by atoms with Gasteiger partial charge in [0.25, 0.3) is 0 Å². The maximum Gasteiger partial charge on any atom is 0.341 e. The fraction of sp³-hybridized carbons (Fsp3) is 0. The number of hydrogen-bond donors (Lipinski definition) is 2. The van der Waals surface area contributed by atoms with Gasteiger partial charge in [0.1, 0.15) is 11.9 Å². The van der Waals surface area contributed by atoms with Gasteiger partial charge in [-0.2, -0.15) is 9.78 Å². The van der Waals surface area contributed by atoms with E-state index in [9.17, 15) is 4.79 Å². The van der Waals surface area contributed by atoms with Gasteiger partial charge in [0, 0.05) is 0 Å². The quantitative estimate of drug-likeness (QED) is 0.774. The Bertz CT molecular complexity index is 426. The molecule has 82 valence electrons. The van der Waals surface area contributed by atoms with Crippen molar-refractivity contribution < 1.29 is 9.90 Å². The molecule has 8 nitrogen and oxygen atoms in total. The number of tetrazole rings is 1. The van der Waals surface area contributed by atoms with Crippen LogP contribution in [0.25, 0.3) is 5.82 Å². The van der Waals surface area contributed by atoms with E-state index in [1.54, 1.807) is 0 Å². The van der Waals surface area contributed by atoms with Crippen LogP contribution in [0.3, 0.4) is 0 Å². The van der Waals surface area contributed by atoms with E-state index in [4.69, 9.17) is 5.11 Å². The second kappa shape index (κ2) is 5.27. The number of carbonyl (C=O) groups is 1. The largest absolute Gasteiger partial charge is 0.477 e. The van der Waals surface area contributed by atoms with Crippen LogP contribution in [0.4, 0.5) is 0 Å². The van der Waals surface area contributed by atoms with Gasteiger partial charge in [-0.15, -0.1) is 29.9 Å². The smallest absolute Gasteiger partial charge is 0.341 e. The molecule has 0 unspecified atom stereocenters. The minimum Gasteiger partial charge on any atom is -0.477 e. The average molecular weight is 253 g/mol. The van der Waals surface area contributed by atoms with Crippen molar-refractivity contribution in [2.75, 3.05) is 0 Å². The van der Waals surface area contributed by atoms with Crippen molar-refractivity contribution in [2.45, 2.75) is 0 Å². The second-order valence-corrected chi connectivity index (χ2v) is 2.19. The third-order valence-electron chi connectivity index (χ3n) is 1.43. The summed E-state index contributed by atoms with van der Waals surface area (Å²) in [5.41, 5.74) is 0.0206. The summed E-state index contributed by atoms with van der Waals surface area (Å²) in [4.78, 5) is 10.6. The van der Waals surface area contributed by atoms with Gasteiger partial charge in [-0.05, 0) is 10.4 Å². The Morgan fingerprint density at radius 3 is 2.73 bits per heavy atom. The normalized spacial score (nSPS) is 8.80. The molecule has 0 saturated heterocycles. The first kappa shape index (κ1) is 13.3. The van der Waals surface area contributed by atoms with E-state index in [1.807, 2.05) is 0 Å². The molecule has 2 aromatic rings. The predicted molar refractivity (Wildman–Crippen MR) is 52.8 cm³/mol. The summed E-state index contributed by atoms with van der Waals surface area (Å²) in [6.07, 6.45) is 2.47. The van der Waals surface area contributed by atoms with Gasteiger partial charge in [-0.3, -0.25) is 5.10 Å². The number of carboxylic acids is 1. The second-order valence-electron chi connectivity index (χ2n) is 2.19. The number of aromatic carboxylic acids is 1. The third-order valence-corrected chi connectivity index (χ3v) is 1.43. The van der Waals surface area contributed by atoms with Crippen LogP contribution in [0, 0.1) is 0 Å². The predicted octanol–water partition coefficient (Wildman–Crippen LogP) is -0.0728. The number of nitrogens with zero attached hydrogens (tertiary/aromatic N) is 5. The van der Waals surface area contributed by atoms with Gasteiger partial charge in [-0.1, -0.05) is 0 Å². The van der Waals surface area contributed by atoms with Gasteiger partial charge in [0.05, 0.1) is 6.20 Å². The fourth-order valence-electron chi connectivity index (χ4n) is 0.874. The van der Waals surface area contributed by atoms with Gasteiger partial charge >= 0.3 is 5.97 Å². The molecule has 0 aliphatic rings. The number of rotatable bonds is 2. The summed E-state index contributed by atoms with van der Waals surface area (Å²) < 4.78 is 1.19. The number of H-pyrrole nitrogens is 1. The monoisotopic (exact) mass is 252 g/mol. The van der Waals surface area contributed by atoms with Gasteiger partial charge in [0.2, 0.25) is 0 Å². The van der Waals surface area contributed by atoms with E-state index < -0.39 is 5.97 Å². The molecule has 2 rings (SSSR count). The first-order valence-corrected chi connectivity index (χ1v) is 3.29. The van der Waals surface area contributed by atoms with Crippen LogP contribution in [0.1, 0.15) is 10.4 Å². The highest BCUT2D eigenvalue weighted by Crippen LogP contribution is 2.07. The van der Waals surface area contributed by atoms with Crippen molar-refractivity contribution in [2.24, 2.45) is 0 Å². The van der Waals surface area contributed by atoms with Gasteiger partial charge < -0.3 is 5.11 Å². The lowest BCUT2D eigenvalue weighted by atomic mass is 10.3. The first-order valence-electron chi connectivity index (χ1n) is 3.29. The van der Waals surface area contributed by atoms with E-state index in [1.165, 1.54) is 17.2 Å². The van der Waals surface area contributed by atoms with Crippen LogP contribution < -0.4 is 0 Å². The molecule has 0 aliphatic carbocycles. The number of hydrogen-bond acceptors (Lipinski definition) is 5. The summed E-state index contributed by atoms with van der Waals surface area (Å²) >= 11 is 0. The van der Waals surface area contributed by atoms with E-state index in [2.05, 4.69) is 25.7 Å². The molecule has 0 aliphatic heterocycles. The summed E-state index contributed by atoms with van der Waals surface area (Å²) in [7, 11) is 0. The molecular formula is C5H6Cl2N6O2. The van der Waals surface area contributed by atoms with Crippen LogP contribution in [0.2, 0.25) is 0 Å². The van der Waals surface area contributed by atoms with Crippen molar-refractivity contribution in [3.63, 3.8) is 0 Å². The zero-order valence-corrected chi connectivity index (χ0v) is 8.70. The van der Waals surface area contributed by atoms with Crippen molar-refractivity contribution in [1.82, 2.24) is 30.4 Å². The SMILES string of the molecule is Cl.Cl.O=C(O)c1cn[nH]c1-n1cnnn1. The lowest BCUT2D eigenvalue weighted by Gasteiger charge is -1.94. The Balaban J connectivity index is 0.000000980. The maximum atomic E-state index is 10.6. The van der Waals surface area contributed by atoms with Crippen LogP contribution >= 0.6 is 24.8 Å². The summed E-state index contributed by atoms with van der Waals surface area (Å²) in [5.74, 6) is -0.850. The number of aromatic amines is 1. The molecule has 0 spiro atoms. The Kier molecular flexibility index (Phi) is 4.68. The fourth-order valence-corrected chi connectivity index (χ4v) is 0.874. The highest BCUT2D eigenvalue weighted by atomic mass is 35.5. The molecule has 0 saturated carbocycles. The Morgan fingerprint density at radius 1 is 1.47 bits per heavy atom. The van der Waals surface area contributed by atoms with Crippen LogP contribution in [-0.2, 0) is 0 Å². The molecule has 0 radical (unpaired) electrons. The average Bonchev–Trinajstić information content (AvgIpc) is 2.74. The lowest BCUT2D eigenvalue weighted by molar-refractivity contribution is 0.0697. The molecule has 0 aromatic carbocycles. The lowest BCUT2D eigenvalue weighted by Crippen LogP contribution is -2.04. The highest BCUT2D eigenvalue weighted by molar-refractivity contribution is 5.90. The molecule has 2 aromatic heterocycles. The van der Waals surface area contributed by atoms with Gasteiger partial charge in [-0.25, -0.2) is 4.79 Å². The maximum absolute atomic E-state index is 10.6. The third kappa shape index (κ3) is 2.42. The van der Waals surface area contributed by atoms with Crippen molar-refractivity contribution in [3.05, 3.63) is 18.1 Å². The molecule has 10 heteroatoms. The molecular weight excluding hydrogens is 247 g/mol. The minimum absolute atomic E-state index is 0. The zero-order valence-electron chi connectivity index (χ0n) is 7.06. The van der Waals surface area contributed by atoms with Crippen LogP contribution in [0.5, 0.6) is 0 Å².